The lowest BCUT2D eigenvalue weighted by Crippen LogP contribution is -2.16. The smallest absolute Gasteiger partial charge is 0.142 e. The second kappa shape index (κ2) is 45.8. The fourth-order valence-corrected chi connectivity index (χ4v) is 14.0. The highest BCUT2D eigenvalue weighted by atomic mass is 127. The summed E-state index contributed by atoms with van der Waals surface area (Å²) in [7, 11) is -2.44. The van der Waals surface area contributed by atoms with Crippen molar-refractivity contribution in [1.82, 2.24) is 0 Å². The van der Waals surface area contributed by atoms with Gasteiger partial charge in [-0.05, 0) is 89.3 Å². The minimum absolute atomic E-state index is 0.184. The van der Waals surface area contributed by atoms with Gasteiger partial charge in [0.25, 0.3) is 0 Å². The third-order valence-corrected chi connectivity index (χ3v) is 17.6. The standard InChI is InChI=1S/C68H76I4O8.4C2H6OS/c1-5-9-13-17-21-45-53-41-55-46(22-18-14-10-6-2)57-43-59-48(24-20-16-12-8-4)60-44-58-47(23-19-15-11-7-3)56-42-54(45)62-50(26-30-70)64(56)76-36-38-78-66(58)52(28-32-72)68(60)80-40-39-79-67(59)51(27-31-71)65(57)77-37-35-75-63(55)49(25-29-69)61(53)73-33-34-74-62;4*1-4(2)3/h41-48H,5-24,33-40H2,1-4H3;4*1-2H3. The Bertz CT molecular complexity index is 2960. The van der Waals surface area contributed by atoms with Crippen LogP contribution in [0.1, 0.15) is 247 Å². The molecule has 0 amide bonds. The van der Waals surface area contributed by atoms with Crippen LogP contribution in [0.3, 0.4) is 0 Å². The van der Waals surface area contributed by atoms with Gasteiger partial charge in [0.05, 0.1) is 0 Å². The maximum atomic E-state index is 9.56. The van der Waals surface area contributed by atoms with E-state index in [0.717, 1.165) is 241 Å². The molecule has 0 spiro atoms. The predicted molar refractivity (Wildman–Crippen MR) is 436 cm³/mol. The highest BCUT2D eigenvalue weighted by molar-refractivity contribution is 14.1. The van der Waals surface area contributed by atoms with Gasteiger partial charge in [0.15, 0.2) is 0 Å². The van der Waals surface area contributed by atoms with E-state index in [1.54, 1.807) is 50.0 Å². The SMILES string of the molecule is CCCCCCC1c2cc3c4c(C#CI)c2OCCOc2c1cc1c(c2C#CI)OCCOc2c(cc5c(c2C#CI)OCCOc2c(cc(c(c2C#CI)OCCO4)C3CCCCCC)C5CCCCCC)C1CCCCCC.CS(C)=O.CS(C)=O.CS(C)=O.CS(C)=O. The number of hydrogen-bond donors (Lipinski definition) is 0. The fourth-order valence-electron chi connectivity index (χ4n) is 12.9. The molecule has 96 heavy (non-hydrogen) atoms. The molecule has 8 bridgehead atoms. The molecule has 9 rings (SSSR count). The predicted octanol–water partition coefficient (Wildman–Crippen LogP) is 18.4. The summed E-state index contributed by atoms with van der Waals surface area (Å²) in [5.41, 5.74) is 11.8. The van der Waals surface area contributed by atoms with Gasteiger partial charge in [0.1, 0.15) is 121 Å². The molecular weight excluding hydrogens is 1740 g/mol. The van der Waals surface area contributed by atoms with Gasteiger partial charge in [-0.1, -0.05) is 130 Å². The van der Waals surface area contributed by atoms with Gasteiger partial charge in [-0.2, -0.15) is 0 Å². The summed E-state index contributed by atoms with van der Waals surface area (Å²) in [6.45, 7) is 11.5. The van der Waals surface area contributed by atoms with Crippen molar-refractivity contribution in [2.45, 2.75) is 180 Å². The first-order valence-corrected chi connectivity index (χ1v) is 45.9. The van der Waals surface area contributed by atoms with Crippen molar-refractivity contribution in [2.24, 2.45) is 0 Å². The topological polar surface area (TPSA) is 142 Å². The molecule has 12 nitrogen and oxygen atoms in total. The lowest BCUT2D eigenvalue weighted by Gasteiger charge is -2.32. The van der Waals surface area contributed by atoms with Crippen molar-refractivity contribution in [3.8, 4) is 85.4 Å². The highest BCUT2D eigenvalue weighted by Crippen LogP contribution is 2.58. The number of hydrogen-bond acceptors (Lipinski definition) is 12. The fraction of sp³-hybridized carbons (Fsp3) is 0.579. The molecule has 4 heterocycles. The summed E-state index contributed by atoms with van der Waals surface area (Å²) in [5.74, 6) is 19.9. The zero-order valence-electron chi connectivity index (χ0n) is 58.5. The summed E-state index contributed by atoms with van der Waals surface area (Å²) in [5, 5.41) is 0. The Balaban J connectivity index is 0.000000938. The molecule has 0 unspecified atom stereocenters. The van der Waals surface area contributed by atoms with Crippen molar-refractivity contribution in [2.75, 3.05) is 103 Å². The molecule has 528 valence electrons. The van der Waals surface area contributed by atoms with Crippen molar-refractivity contribution in [3.05, 3.63) is 91.0 Å². The Morgan fingerprint density at radius 3 is 0.562 bits per heavy atom. The molecule has 0 saturated heterocycles. The average Bonchev–Trinajstić information content (AvgIpc) is 1.08. The second-order valence-electron chi connectivity index (χ2n) is 24.6. The Morgan fingerprint density at radius 2 is 0.438 bits per heavy atom. The van der Waals surface area contributed by atoms with E-state index < -0.39 is 43.2 Å². The molecule has 4 aromatic rings. The van der Waals surface area contributed by atoms with Gasteiger partial charge >= 0.3 is 0 Å². The Hall–Kier alpha value is -2.96. The van der Waals surface area contributed by atoms with Crippen LogP contribution in [0.25, 0.3) is 0 Å². The summed E-state index contributed by atoms with van der Waals surface area (Å²) < 4.78 is 109. The largest absolute Gasteiger partial charge is 0.488 e. The van der Waals surface area contributed by atoms with Gasteiger partial charge in [-0.15, -0.1) is 0 Å². The molecule has 0 radical (unpaired) electrons. The Kier molecular flexibility index (Phi) is 39.9. The van der Waals surface area contributed by atoms with E-state index in [1.807, 2.05) is 0 Å². The molecule has 1 aliphatic carbocycles. The van der Waals surface area contributed by atoms with Crippen LogP contribution in [-0.2, 0) is 43.2 Å². The quantitative estimate of drug-likeness (QED) is 0.0472. The third kappa shape index (κ3) is 24.6. The molecule has 0 atom stereocenters. The number of halogens is 4. The van der Waals surface area contributed by atoms with E-state index in [-0.39, 0.29) is 23.7 Å². The molecule has 4 aliphatic heterocycles. The highest BCUT2D eigenvalue weighted by Gasteiger charge is 2.40. The number of ether oxygens (including phenoxy) is 8. The first-order chi connectivity index (χ1) is 46.4. The van der Waals surface area contributed by atoms with Crippen molar-refractivity contribution >= 4 is 134 Å². The molecule has 4 aromatic carbocycles. The summed E-state index contributed by atoms with van der Waals surface area (Å²) in [4.78, 5) is 0. The number of rotatable bonds is 20. The van der Waals surface area contributed by atoms with Gasteiger partial charge in [-0.3, -0.25) is 16.8 Å². The lowest BCUT2D eigenvalue weighted by atomic mass is 9.74. The normalized spacial score (nSPS) is 16.5. The molecule has 5 aliphatic rings. The van der Waals surface area contributed by atoms with Crippen LogP contribution in [0, 0.1) is 39.4 Å². The van der Waals surface area contributed by atoms with E-state index in [1.165, 1.54) is 0 Å². The van der Waals surface area contributed by atoms with Crippen LogP contribution < -0.4 is 37.9 Å². The maximum Gasteiger partial charge on any atom is 0.142 e. The minimum Gasteiger partial charge on any atom is -0.488 e. The van der Waals surface area contributed by atoms with Gasteiger partial charge in [0, 0.05) is 252 Å². The van der Waals surface area contributed by atoms with E-state index >= 15 is 0 Å². The van der Waals surface area contributed by atoms with Gasteiger partial charge < -0.3 is 37.9 Å². The van der Waals surface area contributed by atoms with Crippen LogP contribution in [0.4, 0.5) is 0 Å². The zero-order valence-corrected chi connectivity index (χ0v) is 70.4. The van der Waals surface area contributed by atoms with Crippen molar-refractivity contribution in [1.29, 1.82) is 0 Å². The summed E-state index contributed by atoms with van der Waals surface area (Å²) in [6, 6.07) is 9.82. The zero-order chi connectivity index (χ0) is 70.1. The Morgan fingerprint density at radius 1 is 0.292 bits per heavy atom. The monoisotopic (exact) mass is 1840 g/mol. The van der Waals surface area contributed by atoms with Crippen LogP contribution in [-0.4, -0.2) is 120 Å². The summed E-state index contributed by atoms with van der Waals surface area (Å²) in [6.07, 6.45) is 34.0. The molecule has 0 fully saturated rings. The molecule has 0 N–H and O–H groups in total. The van der Waals surface area contributed by atoms with E-state index in [4.69, 9.17) is 37.9 Å². The maximum absolute atomic E-state index is 9.56. The van der Waals surface area contributed by atoms with Crippen LogP contribution in [0.2, 0.25) is 0 Å². The number of unbranched alkanes of at least 4 members (excludes halogenated alkanes) is 12. The molecule has 0 saturated carbocycles. The third-order valence-electron chi connectivity index (χ3n) is 16.5. The van der Waals surface area contributed by atoms with Gasteiger partial charge in [-0.25, -0.2) is 0 Å². The van der Waals surface area contributed by atoms with Crippen molar-refractivity contribution in [3.63, 3.8) is 0 Å². The van der Waals surface area contributed by atoms with Gasteiger partial charge in [0.2, 0.25) is 0 Å². The first kappa shape index (κ1) is 83.7. The first-order valence-electron chi connectivity index (χ1n) is 33.7. The molecule has 20 heteroatoms. The second-order valence-corrected chi connectivity index (χ2v) is 32.7. The molecular formula is C76H100I4O12S4. The van der Waals surface area contributed by atoms with Crippen molar-refractivity contribution < 1.29 is 54.7 Å². The van der Waals surface area contributed by atoms with E-state index in [0.29, 0.717) is 52.9 Å². The molecule has 0 aromatic heterocycles. The van der Waals surface area contributed by atoms with Crippen LogP contribution >= 0.6 is 90.4 Å². The average molecular weight is 1840 g/mol. The minimum atomic E-state index is -0.611. The lowest BCUT2D eigenvalue weighted by molar-refractivity contribution is 0.202. The number of benzene rings is 4. The van der Waals surface area contributed by atoms with E-state index in [9.17, 15) is 16.8 Å². The summed E-state index contributed by atoms with van der Waals surface area (Å²) >= 11 is 8.76. The van der Waals surface area contributed by atoms with Crippen LogP contribution in [0.5, 0.6) is 46.0 Å². The van der Waals surface area contributed by atoms with E-state index in [2.05, 4.69) is 182 Å². The van der Waals surface area contributed by atoms with Crippen LogP contribution in [0.15, 0.2) is 24.3 Å². The Labute approximate surface area is 640 Å².